The van der Waals surface area contributed by atoms with Crippen LogP contribution in [0.25, 0.3) is 0 Å². The Morgan fingerprint density at radius 1 is 1.80 bits per heavy atom. The molecule has 4 N–H and O–H groups in total. The highest BCUT2D eigenvalue weighted by Gasteiger charge is 2.17. The fraction of sp³-hybridized carbons (Fsp3) is 0.833. The lowest BCUT2D eigenvalue weighted by Crippen LogP contribution is -2.44. The summed E-state index contributed by atoms with van der Waals surface area (Å²) in [7, 11) is 0. The molecule has 10 heavy (non-hydrogen) atoms. The van der Waals surface area contributed by atoms with Gasteiger partial charge in [0.05, 0.1) is 0 Å². The maximum absolute atomic E-state index is 10.7. The number of aliphatic hydroxyl groups is 1. The van der Waals surface area contributed by atoms with Gasteiger partial charge in [-0.3, -0.25) is 4.79 Å². The topological polar surface area (TPSA) is 75.3 Å². The molecule has 0 aliphatic rings. The highest BCUT2D eigenvalue weighted by molar-refractivity contribution is 5.81. The molecule has 60 valence electrons. The van der Waals surface area contributed by atoms with E-state index in [9.17, 15) is 4.79 Å². The lowest BCUT2D eigenvalue weighted by atomic mass is 10.2. The first-order valence-corrected chi connectivity index (χ1v) is 3.31. The normalized spacial score (nSPS) is 16.0. The molecule has 4 nitrogen and oxygen atoms in total. The van der Waals surface area contributed by atoms with Gasteiger partial charge in [0.2, 0.25) is 5.91 Å². The first-order valence-electron chi connectivity index (χ1n) is 3.31. The zero-order chi connectivity index (χ0) is 8.15. The van der Waals surface area contributed by atoms with Crippen LogP contribution in [0, 0.1) is 0 Å². The third kappa shape index (κ3) is 2.80. The standard InChI is InChI=1S/C6H14N2O2/c1-3-8-6(10)5(9)4(2)7/h4-5,9H,3,7H2,1-2H3,(H,8,10). The first-order chi connectivity index (χ1) is 4.59. The minimum absolute atomic E-state index is 0.405. The van der Waals surface area contributed by atoms with Crippen LogP contribution >= 0.6 is 0 Å². The van der Waals surface area contributed by atoms with E-state index in [1.165, 1.54) is 0 Å². The van der Waals surface area contributed by atoms with Crippen molar-refractivity contribution in [3.05, 3.63) is 0 Å². The number of likely N-dealkylation sites (N-methyl/N-ethyl adjacent to an activating group) is 1. The summed E-state index contributed by atoms with van der Waals surface area (Å²) in [6, 6.07) is -0.508. The minimum atomic E-state index is -1.08. The zero-order valence-corrected chi connectivity index (χ0v) is 6.29. The summed E-state index contributed by atoms with van der Waals surface area (Å²) >= 11 is 0. The highest BCUT2D eigenvalue weighted by atomic mass is 16.3. The Morgan fingerprint density at radius 2 is 2.30 bits per heavy atom. The van der Waals surface area contributed by atoms with E-state index in [2.05, 4.69) is 5.32 Å². The Labute approximate surface area is 60.4 Å². The number of carbonyl (C=O) groups is 1. The van der Waals surface area contributed by atoms with E-state index in [0.717, 1.165) is 0 Å². The molecule has 0 spiro atoms. The maximum Gasteiger partial charge on any atom is 0.250 e. The SMILES string of the molecule is CCNC(=O)C(O)C(C)N. The largest absolute Gasteiger partial charge is 0.382 e. The number of hydrogen-bond donors (Lipinski definition) is 3. The molecule has 0 aliphatic heterocycles. The zero-order valence-electron chi connectivity index (χ0n) is 6.29. The molecule has 2 unspecified atom stereocenters. The molecule has 0 aliphatic carbocycles. The van der Waals surface area contributed by atoms with E-state index >= 15 is 0 Å². The summed E-state index contributed by atoms with van der Waals surface area (Å²) < 4.78 is 0. The van der Waals surface area contributed by atoms with Crippen LogP contribution in [-0.2, 0) is 4.79 Å². The molecule has 0 heterocycles. The predicted octanol–water partition coefficient (Wildman–Crippen LogP) is -1.17. The Balaban J connectivity index is 3.71. The van der Waals surface area contributed by atoms with Gasteiger partial charge in [0.25, 0.3) is 0 Å². The van der Waals surface area contributed by atoms with Gasteiger partial charge in [-0.2, -0.15) is 0 Å². The van der Waals surface area contributed by atoms with Crippen molar-refractivity contribution in [2.75, 3.05) is 6.54 Å². The number of nitrogens with one attached hydrogen (secondary N) is 1. The molecule has 1 amide bonds. The molecule has 0 bridgehead atoms. The average Bonchev–Trinajstić information content (AvgIpc) is 1.87. The van der Waals surface area contributed by atoms with Crippen LogP contribution in [0.4, 0.5) is 0 Å². The first kappa shape index (κ1) is 9.39. The summed E-state index contributed by atoms with van der Waals surface area (Å²) in [4.78, 5) is 10.7. The fourth-order valence-electron chi connectivity index (χ4n) is 0.518. The predicted molar refractivity (Wildman–Crippen MR) is 38.3 cm³/mol. The van der Waals surface area contributed by atoms with Gasteiger partial charge in [0.15, 0.2) is 0 Å². The third-order valence-electron chi connectivity index (χ3n) is 1.12. The van der Waals surface area contributed by atoms with Gasteiger partial charge in [-0.05, 0) is 13.8 Å². The van der Waals surface area contributed by atoms with Crippen molar-refractivity contribution in [2.45, 2.75) is 26.0 Å². The van der Waals surface area contributed by atoms with E-state index in [1.807, 2.05) is 0 Å². The van der Waals surface area contributed by atoms with Crippen LogP contribution in [0.2, 0.25) is 0 Å². The van der Waals surface area contributed by atoms with E-state index in [0.29, 0.717) is 6.54 Å². The second-order valence-corrected chi connectivity index (χ2v) is 2.20. The van der Waals surface area contributed by atoms with Gasteiger partial charge in [0.1, 0.15) is 6.10 Å². The van der Waals surface area contributed by atoms with Crippen molar-refractivity contribution in [3.8, 4) is 0 Å². The van der Waals surface area contributed by atoms with Crippen molar-refractivity contribution >= 4 is 5.91 Å². The third-order valence-corrected chi connectivity index (χ3v) is 1.12. The second-order valence-electron chi connectivity index (χ2n) is 2.20. The van der Waals surface area contributed by atoms with Crippen LogP contribution in [-0.4, -0.2) is 29.7 Å². The van der Waals surface area contributed by atoms with Crippen LogP contribution in [0.1, 0.15) is 13.8 Å². The molecular weight excluding hydrogens is 132 g/mol. The van der Waals surface area contributed by atoms with Gasteiger partial charge in [-0.1, -0.05) is 0 Å². The number of hydrogen-bond acceptors (Lipinski definition) is 3. The van der Waals surface area contributed by atoms with Gasteiger partial charge >= 0.3 is 0 Å². The van der Waals surface area contributed by atoms with Gasteiger partial charge in [-0.25, -0.2) is 0 Å². The lowest BCUT2D eigenvalue weighted by Gasteiger charge is -2.12. The van der Waals surface area contributed by atoms with Gasteiger partial charge in [-0.15, -0.1) is 0 Å². The minimum Gasteiger partial charge on any atom is -0.382 e. The van der Waals surface area contributed by atoms with E-state index < -0.39 is 18.1 Å². The molecular formula is C6H14N2O2. The Bertz CT molecular complexity index is 114. The van der Waals surface area contributed by atoms with E-state index in [4.69, 9.17) is 10.8 Å². The number of amides is 1. The Hall–Kier alpha value is -0.610. The van der Waals surface area contributed by atoms with Crippen LogP contribution < -0.4 is 11.1 Å². The van der Waals surface area contributed by atoms with Crippen LogP contribution in [0.15, 0.2) is 0 Å². The molecule has 0 rings (SSSR count). The molecule has 0 aromatic carbocycles. The number of aliphatic hydroxyl groups excluding tert-OH is 1. The second kappa shape index (κ2) is 4.24. The summed E-state index contributed by atoms with van der Waals surface area (Å²) in [5.41, 5.74) is 5.26. The summed E-state index contributed by atoms with van der Waals surface area (Å²) in [5, 5.41) is 11.4. The van der Waals surface area contributed by atoms with Crippen molar-refractivity contribution < 1.29 is 9.90 Å². The van der Waals surface area contributed by atoms with Crippen molar-refractivity contribution in [1.29, 1.82) is 0 Å². The van der Waals surface area contributed by atoms with Crippen LogP contribution in [0.3, 0.4) is 0 Å². The lowest BCUT2D eigenvalue weighted by molar-refractivity contribution is -0.129. The van der Waals surface area contributed by atoms with E-state index in [-0.39, 0.29) is 0 Å². The fourth-order valence-corrected chi connectivity index (χ4v) is 0.518. The summed E-state index contributed by atoms with van der Waals surface area (Å²) in [5.74, 6) is -0.405. The van der Waals surface area contributed by atoms with Crippen molar-refractivity contribution in [2.24, 2.45) is 5.73 Å². The average molecular weight is 146 g/mol. The van der Waals surface area contributed by atoms with Crippen LogP contribution in [0.5, 0.6) is 0 Å². The molecule has 0 saturated carbocycles. The number of nitrogens with two attached hydrogens (primary N) is 1. The van der Waals surface area contributed by atoms with Gasteiger partial charge in [0, 0.05) is 12.6 Å². The number of rotatable bonds is 3. The Kier molecular flexibility index (Phi) is 3.99. The molecule has 0 radical (unpaired) electrons. The quantitative estimate of drug-likeness (QED) is 0.469. The molecule has 0 fully saturated rings. The highest BCUT2D eigenvalue weighted by Crippen LogP contribution is 1.87. The van der Waals surface area contributed by atoms with Crippen molar-refractivity contribution in [3.63, 3.8) is 0 Å². The number of carbonyl (C=O) groups excluding carboxylic acids is 1. The monoisotopic (exact) mass is 146 g/mol. The summed E-state index contributed by atoms with van der Waals surface area (Å²) in [6.45, 7) is 3.88. The van der Waals surface area contributed by atoms with E-state index in [1.54, 1.807) is 13.8 Å². The molecule has 0 aromatic heterocycles. The molecule has 4 heteroatoms. The molecule has 2 atom stereocenters. The summed E-state index contributed by atoms with van der Waals surface area (Å²) in [6.07, 6.45) is -1.08. The Morgan fingerprint density at radius 3 is 2.60 bits per heavy atom. The molecule has 0 saturated heterocycles. The molecule has 0 aromatic rings. The van der Waals surface area contributed by atoms with Crippen molar-refractivity contribution in [1.82, 2.24) is 5.32 Å². The maximum atomic E-state index is 10.7. The smallest absolute Gasteiger partial charge is 0.250 e. The van der Waals surface area contributed by atoms with Gasteiger partial charge < -0.3 is 16.2 Å².